The van der Waals surface area contributed by atoms with Crippen molar-refractivity contribution in [1.29, 1.82) is 0 Å². The molecular weight excluding hydrogens is 288 g/mol. The summed E-state index contributed by atoms with van der Waals surface area (Å²) in [5, 5.41) is 12.6. The van der Waals surface area contributed by atoms with E-state index in [2.05, 4.69) is 5.32 Å². The molecule has 2 rings (SSSR count). The van der Waals surface area contributed by atoms with Crippen LogP contribution >= 0.6 is 0 Å². The van der Waals surface area contributed by atoms with Gasteiger partial charge in [0, 0.05) is 13.5 Å². The third-order valence-electron chi connectivity index (χ3n) is 3.30. The summed E-state index contributed by atoms with van der Waals surface area (Å²) in [5.74, 6) is -0.566. The van der Waals surface area contributed by atoms with E-state index in [1.807, 2.05) is 30.3 Å². The molecular formula is C15H16N2O5. The monoisotopic (exact) mass is 304 g/mol. The predicted octanol–water partition coefficient (Wildman–Crippen LogP) is 0.304. The number of benzene rings is 1. The molecule has 0 bridgehead atoms. The second-order valence-electron chi connectivity index (χ2n) is 4.82. The van der Waals surface area contributed by atoms with Crippen molar-refractivity contribution in [2.24, 2.45) is 0 Å². The van der Waals surface area contributed by atoms with E-state index in [0.29, 0.717) is 5.06 Å². The predicted molar refractivity (Wildman–Crippen MR) is 81.1 cm³/mol. The van der Waals surface area contributed by atoms with Gasteiger partial charge in [-0.15, -0.1) is 0 Å². The fourth-order valence-electron chi connectivity index (χ4n) is 2.18. The van der Waals surface area contributed by atoms with Crippen LogP contribution in [-0.4, -0.2) is 31.4 Å². The second kappa shape index (κ2) is 6.40. The lowest BCUT2D eigenvalue weighted by Crippen LogP contribution is -2.44. The molecule has 0 unspecified atom stereocenters. The van der Waals surface area contributed by atoms with Crippen LogP contribution in [0, 0.1) is 0 Å². The molecule has 0 aliphatic carbocycles. The first kappa shape index (κ1) is 15.7. The van der Waals surface area contributed by atoms with Crippen molar-refractivity contribution in [2.45, 2.75) is 12.5 Å². The van der Waals surface area contributed by atoms with Crippen LogP contribution in [0.4, 0.5) is 11.4 Å². The number of nitrogens with zero attached hydrogens (tertiary/aromatic N) is 1. The van der Waals surface area contributed by atoms with Crippen LogP contribution in [0.2, 0.25) is 0 Å². The smallest absolute Gasteiger partial charge is 0.328 e. The summed E-state index contributed by atoms with van der Waals surface area (Å²) >= 11 is 0. The number of hydroxylamine groups is 1. The summed E-state index contributed by atoms with van der Waals surface area (Å²) in [6.45, 7) is 0. The molecule has 2 N–H and O–H groups in total. The SMILES string of the molecule is COC(=O)[C@H](Cc1ccccc1)Nc1c(N(C)O)c(=O)c1=O. The van der Waals surface area contributed by atoms with Crippen LogP contribution in [0.1, 0.15) is 5.56 Å². The number of ether oxygens (including phenoxy) is 1. The van der Waals surface area contributed by atoms with E-state index in [-0.39, 0.29) is 17.8 Å². The Balaban J connectivity index is 2.25. The third-order valence-corrected chi connectivity index (χ3v) is 3.30. The van der Waals surface area contributed by atoms with E-state index < -0.39 is 22.9 Å². The summed E-state index contributed by atoms with van der Waals surface area (Å²) in [6.07, 6.45) is 0.279. The fourth-order valence-corrected chi connectivity index (χ4v) is 2.18. The maximum Gasteiger partial charge on any atom is 0.328 e. The highest BCUT2D eigenvalue weighted by molar-refractivity contribution is 5.83. The molecule has 0 heterocycles. The van der Waals surface area contributed by atoms with Crippen molar-refractivity contribution in [1.82, 2.24) is 0 Å². The molecule has 7 nitrogen and oxygen atoms in total. The van der Waals surface area contributed by atoms with Crippen LogP contribution in [0.15, 0.2) is 39.9 Å². The summed E-state index contributed by atoms with van der Waals surface area (Å²) in [6, 6.07) is 8.33. The van der Waals surface area contributed by atoms with Gasteiger partial charge in [0.25, 0.3) is 10.9 Å². The molecule has 0 fully saturated rings. The van der Waals surface area contributed by atoms with E-state index >= 15 is 0 Å². The van der Waals surface area contributed by atoms with Gasteiger partial charge in [-0.2, -0.15) is 0 Å². The zero-order valence-corrected chi connectivity index (χ0v) is 12.2. The number of carbonyl (C=O) groups is 1. The number of carbonyl (C=O) groups excluding carboxylic acids is 1. The van der Waals surface area contributed by atoms with Gasteiger partial charge in [0.15, 0.2) is 0 Å². The molecule has 0 amide bonds. The third kappa shape index (κ3) is 2.99. The van der Waals surface area contributed by atoms with Gasteiger partial charge >= 0.3 is 5.97 Å². The molecule has 0 radical (unpaired) electrons. The fraction of sp³-hybridized carbons (Fsp3) is 0.267. The first-order valence-corrected chi connectivity index (χ1v) is 6.60. The van der Waals surface area contributed by atoms with Crippen molar-refractivity contribution in [3.63, 3.8) is 0 Å². The Morgan fingerprint density at radius 3 is 2.45 bits per heavy atom. The van der Waals surface area contributed by atoms with E-state index in [9.17, 15) is 19.6 Å². The molecule has 0 saturated carbocycles. The highest BCUT2D eigenvalue weighted by Crippen LogP contribution is 2.19. The molecule has 2 aromatic rings. The Bertz CT molecular complexity index is 732. The largest absolute Gasteiger partial charge is 0.467 e. The molecule has 116 valence electrons. The Labute approximate surface area is 126 Å². The maximum absolute atomic E-state index is 11.9. The number of nitrogens with one attached hydrogen (secondary N) is 1. The van der Waals surface area contributed by atoms with Crippen LogP contribution in [0.3, 0.4) is 0 Å². The second-order valence-corrected chi connectivity index (χ2v) is 4.82. The first-order valence-electron chi connectivity index (χ1n) is 6.60. The van der Waals surface area contributed by atoms with Crippen LogP contribution < -0.4 is 21.2 Å². The molecule has 2 aromatic carbocycles. The topological polar surface area (TPSA) is 95.9 Å². The van der Waals surface area contributed by atoms with E-state index in [1.54, 1.807) is 0 Å². The van der Waals surface area contributed by atoms with Gasteiger partial charge < -0.3 is 10.1 Å². The summed E-state index contributed by atoms with van der Waals surface area (Å²) in [4.78, 5) is 34.9. The average molecular weight is 304 g/mol. The number of hydrogen-bond acceptors (Lipinski definition) is 7. The zero-order valence-electron chi connectivity index (χ0n) is 12.2. The van der Waals surface area contributed by atoms with Gasteiger partial charge in [0.1, 0.15) is 17.4 Å². The van der Waals surface area contributed by atoms with Gasteiger partial charge in [0.2, 0.25) is 0 Å². The summed E-state index contributed by atoms with van der Waals surface area (Å²) < 4.78 is 4.72. The lowest BCUT2D eigenvalue weighted by Gasteiger charge is -2.22. The molecule has 0 spiro atoms. The molecule has 7 heteroatoms. The normalized spacial score (nSPS) is 12.0. The molecule has 22 heavy (non-hydrogen) atoms. The van der Waals surface area contributed by atoms with Crippen LogP contribution in [0.25, 0.3) is 0 Å². The highest BCUT2D eigenvalue weighted by atomic mass is 16.5. The number of esters is 1. The number of methoxy groups -OCH3 is 1. The summed E-state index contributed by atoms with van der Waals surface area (Å²) in [5.41, 5.74) is -0.940. The Kier molecular flexibility index (Phi) is 4.57. The lowest BCUT2D eigenvalue weighted by molar-refractivity contribution is -0.141. The maximum atomic E-state index is 11.9. The summed E-state index contributed by atoms with van der Waals surface area (Å²) in [7, 11) is 2.47. The van der Waals surface area contributed by atoms with Crippen molar-refractivity contribution >= 4 is 17.3 Å². The average Bonchev–Trinajstić information content (AvgIpc) is 2.52. The van der Waals surface area contributed by atoms with Crippen molar-refractivity contribution < 1.29 is 14.7 Å². The Morgan fingerprint density at radius 1 is 1.27 bits per heavy atom. The van der Waals surface area contributed by atoms with E-state index in [0.717, 1.165) is 5.56 Å². The van der Waals surface area contributed by atoms with Gasteiger partial charge in [-0.25, -0.2) is 4.79 Å². The van der Waals surface area contributed by atoms with Crippen molar-refractivity contribution in [3.8, 4) is 0 Å². The van der Waals surface area contributed by atoms with Crippen LogP contribution in [-0.2, 0) is 16.0 Å². The number of hydrogen-bond donors (Lipinski definition) is 2. The Morgan fingerprint density at radius 2 is 1.91 bits per heavy atom. The van der Waals surface area contributed by atoms with Crippen molar-refractivity contribution in [3.05, 3.63) is 56.3 Å². The number of rotatable bonds is 6. The molecule has 0 saturated heterocycles. The van der Waals surface area contributed by atoms with Crippen molar-refractivity contribution in [2.75, 3.05) is 24.5 Å². The minimum absolute atomic E-state index is 0.0821. The quantitative estimate of drug-likeness (QED) is 0.450. The minimum Gasteiger partial charge on any atom is -0.467 e. The van der Waals surface area contributed by atoms with E-state index in [4.69, 9.17) is 4.74 Å². The molecule has 0 aliphatic rings. The Hall–Kier alpha value is -2.67. The molecule has 0 aromatic heterocycles. The van der Waals surface area contributed by atoms with Gasteiger partial charge in [-0.3, -0.25) is 19.9 Å². The first-order chi connectivity index (χ1) is 10.5. The minimum atomic E-state index is -0.839. The standard InChI is InChI=1S/C15H16N2O5/c1-17(21)12-11(13(18)14(12)19)16-10(15(20)22-2)8-9-6-4-3-5-7-9/h3-7,10,16,21H,8H2,1-2H3/t10-/m0/s1. The lowest BCUT2D eigenvalue weighted by atomic mass is 10.0. The number of anilines is 2. The molecule has 0 aliphatic heterocycles. The van der Waals surface area contributed by atoms with Gasteiger partial charge in [-0.05, 0) is 5.56 Å². The highest BCUT2D eigenvalue weighted by Gasteiger charge is 2.28. The van der Waals surface area contributed by atoms with Gasteiger partial charge in [0.05, 0.1) is 7.11 Å². The van der Waals surface area contributed by atoms with Gasteiger partial charge in [-0.1, -0.05) is 30.3 Å². The van der Waals surface area contributed by atoms with E-state index in [1.165, 1.54) is 14.2 Å². The zero-order chi connectivity index (χ0) is 16.3. The molecule has 1 atom stereocenters. The van der Waals surface area contributed by atoms with Crippen LogP contribution in [0.5, 0.6) is 0 Å².